The Morgan fingerprint density at radius 2 is 2.04 bits per heavy atom. The quantitative estimate of drug-likeness (QED) is 0.597. The van der Waals surface area contributed by atoms with Gasteiger partial charge in [-0.2, -0.15) is 0 Å². The number of halogens is 2. The third kappa shape index (κ3) is 3.24. The first-order valence-electron chi connectivity index (χ1n) is 9.00. The Hall–Kier alpha value is -2.30. The van der Waals surface area contributed by atoms with Gasteiger partial charge in [0.1, 0.15) is 0 Å². The van der Waals surface area contributed by atoms with Crippen LogP contribution in [-0.2, 0) is 13.0 Å². The standard InChI is InChI=1S/C22H22ClFN2O/c1-14(15-4-7-22(27-3)19(24)10-15)12-26-20-6-5-16(23)11-17(20)18-13-25(2)9-8-21(18)26/h4-7,10-12H,8-9,13H2,1-3H3/b14-12-. The number of ether oxygens (including phenoxy) is 1. The number of allylic oxidation sites excluding steroid dienone is 1. The minimum Gasteiger partial charge on any atom is -0.494 e. The lowest BCUT2D eigenvalue weighted by atomic mass is 10.0. The van der Waals surface area contributed by atoms with E-state index < -0.39 is 0 Å². The first-order chi connectivity index (χ1) is 13.0. The molecule has 5 heteroatoms. The van der Waals surface area contributed by atoms with Crippen LogP contribution in [0.1, 0.15) is 23.7 Å². The Labute approximate surface area is 163 Å². The van der Waals surface area contributed by atoms with Crippen molar-refractivity contribution in [2.45, 2.75) is 19.9 Å². The molecule has 2 aromatic carbocycles. The lowest BCUT2D eigenvalue weighted by Gasteiger charge is -2.23. The molecule has 0 aliphatic carbocycles. The van der Waals surface area contributed by atoms with Gasteiger partial charge >= 0.3 is 0 Å². The van der Waals surface area contributed by atoms with Crippen LogP contribution in [0.3, 0.4) is 0 Å². The number of hydrogen-bond acceptors (Lipinski definition) is 2. The molecule has 1 aliphatic heterocycles. The van der Waals surface area contributed by atoms with Crippen molar-refractivity contribution in [3.8, 4) is 5.75 Å². The molecule has 0 saturated carbocycles. The number of methoxy groups -OCH3 is 1. The Balaban J connectivity index is 1.86. The molecular weight excluding hydrogens is 363 g/mol. The van der Waals surface area contributed by atoms with Crippen molar-refractivity contribution < 1.29 is 9.13 Å². The van der Waals surface area contributed by atoms with Gasteiger partial charge in [-0.05, 0) is 61.0 Å². The van der Waals surface area contributed by atoms with Crippen LogP contribution in [0.25, 0.3) is 22.7 Å². The van der Waals surface area contributed by atoms with Gasteiger partial charge in [0.05, 0.1) is 12.6 Å². The summed E-state index contributed by atoms with van der Waals surface area (Å²) in [5, 5.41) is 1.93. The van der Waals surface area contributed by atoms with Crippen LogP contribution in [0.4, 0.5) is 4.39 Å². The molecule has 1 aliphatic rings. The summed E-state index contributed by atoms with van der Waals surface area (Å²) in [4.78, 5) is 2.32. The van der Waals surface area contributed by atoms with E-state index in [-0.39, 0.29) is 11.6 Å². The smallest absolute Gasteiger partial charge is 0.165 e. The second kappa shape index (κ2) is 7.02. The van der Waals surface area contributed by atoms with E-state index in [1.54, 1.807) is 6.07 Å². The van der Waals surface area contributed by atoms with Crippen molar-refractivity contribution in [2.24, 2.45) is 0 Å². The minimum absolute atomic E-state index is 0.257. The Bertz CT molecular complexity index is 1050. The summed E-state index contributed by atoms with van der Waals surface area (Å²) < 4.78 is 21.4. The molecule has 0 N–H and O–H groups in total. The molecule has 0 unspecified atom stereocenters. The molecule has 27 heavy (non-hydrogen) atoms. The lowest BCUT2D eigenvalue weighted by Crippen LogP contribution is -2.26. The third-order valence-electron chi connectivity index (χ3n) is 5.27. The van der Waals surface area contributed by atoms with Gasteiger partial charge in [-0.3, -0.25) is 0 Å². The summed E-state index contributed by atoms with van der Waals surface area (Å²) in [5.41, 5.74) is 5.59. The first-order valence-corrected chi connectivity index (χ1v) is 9.38. The van der Waals surface area contributed by atoms with Crippen molar-refractivity contribution in [2.75, 3.05) is 20.7 Å². The summed E-state index contributed by atoms with van der Waals surface area (Å²) in [6.07, 6.45) is 3.07. The van der Waals surface area contributed by atoms with Gasteiger partial charge in [-0.25, -0.2) is 4.39 Å². The number of rotatable bonds is 3. The van der Waals surface area contributed by atoms with Crippen LogP contribution < -0.4 is 4.74 Å². The second-order valence-corrected chi connectivity index (χ2v) is 7.54. The molecule has 3 nitrogen and oxygen atoms in total. The van der Waals surface area contributed by atoms with Crippen LogP contribution in [0.15, 0.2) is 36.4 Å². The van der Waals surface area contributed by atoms with E-state index in [2.05, 4.69) is 28.8 Å². The van der Waals surface area contributed by atoms with Gasteiger partial charge in [0, 0.05) is 41.8 Å². The van der Waals surface area contributed by atoms with Crippen LogP contribution in [0.5, 0.6) is 5.75 Å². The average molecular weight is 385 g/mol. The zero-order chi connectivity index (χ0) is 19.1. The molecule has 140 valence electrons. The number of aromatic nitrogens is 1. The predicted molar refractivity (Wildman–Crippen MR) is 110 cm³/mol. The van der Waals surface area contributed by atoms with Crippen molar-refractivity contribution in [3.05, 3.63) is 64.1 Å². The van der Waals surface area contributed by atoms with Gasteiger partial charge in [-0.15, -0.1) is 0 Å². The van der Waals surface area contributed by atoms with E-state index in [9.17, 15) is 4.39 Å². The van der Waals surface area contributed by atoms with E-state index in [1.165, 1.54) is 29.8 Å². The Morgan fingerprint density at radius 1 is 1.22 bits per heavy atom. The molecular formula is C22H22ClFN2O. The van der Waals surface area contributed by atoms with Crippen molar-refractivity contribution in [1.82, 2.24) is 9.47 Å². The molecule has 3 aromatic rings. The highest BCUT2D eigenvalue weighted by molar-refractivity contribution is 6.31. The Kier molecular flexibility index (Phi) is 4.70. The normalized spacial score (nSPS) is 15.2. The highest BCUT2D eigenvalue weighted by Crippen LogP contribution is 2.34. The van der Waals surface area contributed by atoms with Crippen LogP contribution in [-0.4, -0.2) is 30.2 Å². The Morgan fingerprint density at radius 3 is 2.78 bits per heavy atom. The maximum absolute atomic E-state index is 14.1. The minimum atomic E-state index is -0.351. The number of nitrogens with zero attached hydrogens (tertiary/aromatic N) is 2. The van der Waals surface area contributed by atoms with Crippen molar-refractivity contribution in [1.29, 1.82) is 0 Å². The van der Waals surface area contributed by atoms with Gasteiger partial charge in [0.2, 0.25) is 0 Å². The lowest BCUT2D eigenvalue weighted by molar-refractivity contribution is 0.312. The molecule has 0 saturated heterocycles. The topological polar surface area (TPSA) is 17.4 Å². The molecule has 0 spiro atoms. The van der Waals surface area contributed by atoms with Gasteiger partial charge in [-0.1, -0.05) is 17.7 Å². The van der Waals surface area contributed by atoms with E-state index in [4.69, 9.17) is 16.3 Å². The third-order valence-corrected chi connectivity index (χ3v) is 5.51. The van der Waals surface area contributed by atoms with Crippen molar-refractivity contribution >= 4 is 34.3 Å². The fraction of sp³-hybridized carbons (Fsp3) is 0.273. The molecule has 0 atom stereocenters. The van der Waals surface area contributed by atoms with E-state index >= 15 is 0 Å². The SMILES string of the molecule is COc1ccc(/C(C)=C\n2c3c(c4cc(Cl)ccc42)CN(C)CC3)cc1F. The summed E-state index contributed by atoms with van der Waals surface area (Å²) in [7, 11) is 3.61. The second-order valence-electron chi connectivity index (χ2n) is 7.11. The van der Waals surface area contributed by atoms with Crippen molar-refractivity contribution in [3.63, 3.8) is 0 Å². The molecule has 0 amide bonds. The molecule has 2 heterocycles. The number of likely N-dealkylation sites (N-methyl/N-ethyl adjacent to an activating group) is 1. The highest BCUT2D eigenvalue weighted by atomic mass is 35.5. The highest BCUT2D eigenvalue weighted by Gasteiger charge is 2.22. The number of fused-ring (bicyclic) bond motifs is 3. The monoisotopic (exact) mass is 384 g/mol. The van der Waals surface area contributed by atoms with E-state index in [0.717, 1.165) is 41.2 Å². The largest absolute Gasteiger partial charge is 0.494 e. The maximum Gasteiger partial charge on any atom is 0.165 e. The van der Waals surface area contributed by atoms with Crippen LogP contribution in [0.2, 0.25) is 5.02 Å². The first kappa shape index (κ1) is 18.1. The van der Waals surface area contributed by atoms with Gasteiger partial charge < -0.3 is 14.2 Å². The van der Waals surface area contributed by atoms with Crippen LogP contribution in [0, 0.1) is 5.82 Å². The molecule has 4 rings (SSSR count). The fourth-order valence-corrected chi connectivity index (χ4v) is 4.00. The zero-order valence-electron chi connectivity index (χ0n) is 15.7. The number of benzene rings is 2. The van der Waals surface area contributed by atoms with E-state index in [1.807, 2.05) is 25.1 Å². The van der Waals surface area contributed by atoms with Crippen LogP contribution >= 0.6 is 11.6 Å². The molecule has 0 radical (unpaired) electrons. The molecule has 0 fully saturated rings. The fourth-order valence-electron chi connectivity index (χ4n) is 3.83. The zero-order valence-corrected chi connectivity index (χ0v) is 16.5. The summed E-state index contributed by atoms with van der Waals surface area (Å²) in [5.74, 6) is -0.0939. The van der Waals surface area contributed by atoms with E-state index in [0.29, 0.717) is 0 Å². The predicted octanol–water partition coefficient (Wildman–Crippen LogP) is 5.45. The summed E-state index contributed by atoms with van der Waals surface area (Å²) in [6, 6.07) is 11.1. The maximum atomic E-state index is 14.1. The van der Waals surface area contributed by atoms with Gasteiger partial charge in [0.15, 0.2) is 11.6 Å². The molecule has 1 aromatic heterocycles. The summed E-state index contributed by atoms with van der Waals surface area (Å²) in [6.45, 7) is 3.93. The summed E-state index contributed by atoms with van der Waals surface area (Å²) >= 11 is 6.26. The average Bonchev–Trinajstić information content (AvgIpc) is 2.94. The molecule has 0 bridgehead atoms. The van der Waals surface area contributed by atoms with Gasteiger partial charge in [0.25, 0.3) is 0 Å². The number of hydrogen-bond donors (Lipinski definition) is 0.